The van der Waals surface area contributed by atoms with Gasteiger partial charge in [0.1, 0.15) is 0 Å². The van der Waals surface area contributed by atoms with E-state index in [1.807, 2.05) is 30.3 Å². The Morgan fingerprint density at radius 2 is 1.87 bits per heavy atom. The van der Waals surface area contributed by atoms with Gasteiger partial charge in [0.05, 0.1) is 6.10 Å². The van der Waals surface area contributed by atoms with Crippen molar-refractivity contribution in [1.82, 2.24) is 8.61 Å². The average Bonchev–Trinajstić information content (AvgIpc) is 2.59. The Labute approximate surface area is 140 Å². The van der Waals surface area contributed by atoms with Gasteiger partial charge in [0.25, 0.3) is 10.2 Å². The van der Waals surface area contributed by atoms with Crippen molar-refractivity contribution in [2.45, 2.75) is 38.7 Å². The Morgan fingerprint density at radius 1 is 1.26 bits per heavy atom. The molecule has 0 amide bonds. The molecule has 0 bridgehead atoms. The summed E-state index contributed by atoms with van der Waals surface area (Å²) in [6.45, 7) is 3.57. The van der Waals surface area contributed by atoms with Crippen molar-refractivity contribution in [3.05, 3.63) is 35.9 Å². The summed E-state index contributed by atoms with van der Waals surface area (Å²) in [6.07, 6.45) is 2.72. The van der Waals surface area contributed by atoms with E-state index in [1.54, 1.807) is 11.4 Å². The molecule has 1 aliphatic rings. The first kappa shape index (κ1) is 18.4. The van der Waals surface area contributed by atoms with E-state index in [4.69, 9.17) is 0 Å². The van der Waals surface area contributed by atoms with Gasteiger partial charge in [-0.1, -0.05) is 43.7 Å². The molecule has 23 heavy (non-hydrogen) atoms. The maximum atomic E-state index is 12.5. The number of hydrogen-bond donors (Lipinski definition) is 1. The minimum absolute atomic E-state index is 0.116. The van der Waals surface area contributed by atoms with Gasteiger partial charge in [0.2, 0.25) is 0 Å². The lowest BCUT2D eigenvalue weighted by Gasteiger charge is -2.35. The summed E-state index contributed by atoms with van der Waals surface area (Å²) in [5.74, 6) is 0.116. The summed E-state index contributed by atoms with van der Waals surface area (Å²) in [6, 6.07) is 9.61. The lowest BCUT2D eigenvalue weighted by atomic mass is 9.88. The highest BCUT2D eigenvalue weighted by molar-refractivity contribution is 7.86. The maximum absolute atomic E-state index is 12.5. The van der Waals surface area contributed by atoms with Crippen molar-refractivity contribution >= 4 is 10.2 Å². The Balaban J connectivity index is 1.93. The van der Waals surface area contributed by atoms with Crippen LogP contribution in [-0.2, 0) is 10.2 Å². The lowest BCUT2D eigenvalue weighted by molar-refractivity contribution is 0.0750. The van der Waals surface area contributed by atoms with Crippen LogP contribution in [0.4, 0.5) is 0 Å². The fraction of sp³-hybridized carbons (Fsp3) is 0.647. The number of nitrogens with zero attached hydrogens (tertiary/aromatic N) is 2. The lowest BCUT2D eigenvalue weighted by Crippen LogP contribution is -2.46. The molecule has 1 aromatic rings. The van der Waals surface area contributed by atoms with Crippen LogP contribution in [-0.4, -0.2) is 48.8 Å². The fourth-order valence-electron chi connectivity index (χ4n) is 3.04. The molecule has 1 saturated heterocycles. The van der Waals surface area contributed by atoms with Crippen LogP contribution >= 0.6 is 0 Å². The van der Waals surface area contributed by atoms with Gasteiger partial charge in [0, 0.05) is 26.7 Å². The molecule has 130 valence electrons. The molecule has 1 heterocycles. The number of unbranched alkanes of at least 4 members (excludes halogenated alkanes) is 1. The zero-order chi connectivity index (χ0) is 16.9. The van der Waals surface area contributed by atoms with Gasteiger partial charge >= 0.3 is 0 Å². The minimum Gasteiger partial charge on any atom is -0.388 e. The number of aliphatic hydroxyl groups is 1. The SMILES string of the molecule is CCCCN(C)S(=O)(=O)N1CCC(C(O)c2ccccc2)CC1. The summed E-state index contributed by atoms with van der Waals surface area (Å²) >= 11 is 0. The van der Waals surface area contributed by atoms with Gasteiger partial charge in [-0.3, -0.25) is 0 Å². The summed E-state index contributed by atoms with van der Waals surface area (Å²) in [5.41, 5.74) is 0.911. The van der Waals surface area contributed by atoms with Crippen molar-refractivity contribution in [2.75, 3.05) is 26.7 Å². The third kappa shape index (κ3) is 4.53. The van der Waals surface area contributed by atoms with Crippen molar-refractivity contribution < 1.29 is 13.5 Å². The van der Waals surface area contributed by atoms with Gasteiger partial charge < -0.3 is 5.11 Å². The molecule has 1 atom stereocenters. The molecule has 1 unspecified atom stereocenters. The molecule has 1 fully saturated rings. The molecule has 5 nitrogen and oxygen atoms in total. The third-order valence-electron chi connectivity index (χ3n) is 4.63. The highest BCUT2D eigenvalue weighted by Crippen LogP contribution is 2.31. The van der Waals surface area contributed by atoms with E-state index in [1.165, 1.54) is 4.31 Å². The van der Waals surface area contributed by atoms with E-state index in [-0.39, 0.29) is 5.92 Å². The van der Waals surface area contributed by atoms with Crippen molar-refractivity contribution in [3.63, 3.8) is 0 Å². The van der Waals surface area contributed by atoms with E-state index < -0.39 is 16.3 Å². The molecule has 2 rings (SSSR count). The summed E-state index contributed by atoms with van der Waals surface area (Å²) in [7, 11) is -1.71. The zero-order valence-electron chi connectivity index (χ0n) is 14.1. The van der Waals surface area contributed by atoms with E-state index in [2.05, 4.69) is 6.92 Å². The monoisotopic (exact) mass is 340 g/mol. The van der Waals surface area contributed by atoms with Crippen LogP contribution < -0.4 is 0 Å². The standard InChI is InChI=1S/C17H28N2O3S/c1-3-4-12-18(2)23(21,22)19-13-10-16(11-14-19)17(20)15-8-6-5-7-9-15/h5-9,16-17,20H,3-4,10-14H2,1-2H3. The zero-order valence-corrected chi connectivity index (χ0v) is 14.9. The van der Waals surface area contributed by atoms with E-state index in [0.29, 0.717) is 32.5 Å². The molecule has 1 N–H and O–H groups in total. The Kier molecular flexibility index (Phi) is 6.59. The first-order valence-electron chi connectivity index (χ1n) is 8.41. The number of aliphatic hydroxyl groups excluding tert-OH is 1. The van der Waals surface area contributed by atoms with Crippen LogP contribution in [0.15, 0.2) is 30.3 Å². The second kappa shape index (κ2) is 8.24. The molecule has 6 heteroatoms. The summed E-state index contributed by atoms with van der Waals surface area (Å²) < 4.78 is 28.1. The highest BCUT2D eigenvalue weighted by atomic mass is 32.2. The predicted octanol–water partition coefficient (Wildman–Crippen LogP) is 2.41. The van der Waals surface area contributed by atoms with E-state index >= 15 is 0 Å². The first-order valence-corrected chi connectivity index (χ1v) is 9.81. The minimum atomic E-state index is -3.36. The average molecular weight is 340 g/mol. The van der Waals surface area contributed by atoms with Gasteiger partial charge in [-0.2, -0.15) is 17.0 Å². The molecule has 0 aromatic heterocycles. The normalized spacial score (nSPS) is 19.1. The first-order chi connectivity index (χ1) is 11.0. The van der Waals surface area contributed by atoms with Gasteiger partial charge in [0.15, 0.2) is 0 Å². The van der Waals surface area contributed by atoms with Crippen molar-refractivity contribution in [2.24, 2.45) is 5.92 Å². The number of hydrogen-bond acceptors (Lipinski definition) is 3. The summed E-state index contributed by atoms with van der Waals surface area (Å²) in [4.78, 5) is 0. The van der Waals surface area contributed by atoms with Gasteiger partial charge in [-0.05, 0) is 30.7 Å². The maximum Gasteiger partial charge on any atom is 0.281 e. The largest absolute Gasteiger partial charge is 0.388 e. The molecular weight excluding hydrogens is 312 g/mol. The molecule has 0 aliphatic carbocycles. The molecule has 0 radical (unpaired) electrons. The van der Waals surface area contributed by atoms with Crippen LogP contribution in [0, 0.1) is 5.92 Å². The van der Waals surface area contributed by atoms with Crippen LogP contribution in [0.25, 0.3) is 0 Å². The van der Waals surface area contributed by atoms with Gasteiger partial charge in [-0.25, -0.2) is 0 Å². The number of benzene rings is 1. The molecular formula is C17H28N2O3S. The predicted molar refractivity (Wildman–Crippen MR) is 92.2 cm³/mol. The number of rotatable bonds is 7. The second-order valence-electron chi connectivity index (χ2n) is 6.27. The molecule has 1 aromatic carbocycles. The van der Waals surface area contributed by atoms with Crippen molar-refractivity contribution in [1.29, 1.82) is 0 Å². The fourth-order valence-corrected chi connectivity index (χ4v) is 4.46. The van der Waals surface area contributed by atoms with Crippen LogP contribution in [0.3, 0.4) is 0 Å². The Hall–Kier alpha value is -0.950. The quantitative estimate of drug-likeness (QED) is 0.829. The van der Waals surface area contributed by atoms with Crippen LogP contribution in [0.2, 0.25) is 0 Å². The highest BCUT2D eigenvalue weighted by Gasteiger charge is 2.33. The Bertz CT molecular complexity index is 569. The Morgan fingerprint density at radius 3 is 2.43 bits per heavy atom. The number of piperidine rings is 1. The topological polar surface area (TPSA) is 60.9 Å². The van der Waals surface area contributed by atoms with E-state index in [0.717, 1.165) is 18.4 Å². The molecule has 0 saturated carbocycles. The van der Waals surface area contributed by atoms with Gasteiger partial charge in [-0.15, -0.1) is 0 Å². The van der Waals surface area contributed by atoms with E-state index in [9.17, 15) is 13.5 Å². The van der Waals surface area contributed by atoms with Crippen LogP contribution in [0.1, 0.15) is 44.3 Å². The smallest absolute Gasteiger partial charge is 0.281 e. The molecule has 1 aliphatic heterocycles. The second-order valence-corrected chi connectivity index (χ2v) is 8.31. The summed E-state index contributed by atoms with van der Waals surface area (Å²) in [5, 5.41) is 10.5. The third-order valence-corrected chi connectivity index (χ3v) is 6.62. The van der Waals surface area contributed by atoms with Crippen LogP contribution in [0.5, 0.6) is 0 Å². The molecule has 0 spiro atoms. The van der Waals surface area contributed by atoms with Crippen molar-refractivity contribution in [3.8, 4) is 0 Å².